The molecule has 0 spiro atoms. The van der Waals surface area contributed by atoms with E-state index in [2.05, 4.69) is 43.2 Å². The Morgan fingerprint density at radius 2 is 2.10 bits per heavy atom. The first-order valence-electron chi connectivity index (χ1n) is 7.80. The van der Waals surface area contributed by atoms with E-state index in [1.807, 2.05) is 0 Å². The molecule has 6 heteroatoms. The van der Waals surface area contributed by atoms with Crippen molar-refractivity contribution in [2.24, 2.45) is 22.2 Å². The van der Waals surface area contributed by atoms with E-state index in [0.717, 1.165) is 19.4 Å². The summed E-state index contributed by atoms with van der Waals surface area (Å²) in [5.41, 5.74) is 4.92. The molecule has 6 nitrogen and oxygen atoms in total. The average molecular weight is 298 g/mol. The Labute approximate surface area is 127 Å². The zero-order chi connectivity index (χ0) is 16.0. The summed E-state index contributed by atoms with van der Waals surface area (Å²) >= 11 is 0. The number of nitrogens with one attached hydrogen (secondary N) is 1. The minimum Gasteiger partial charge on any atom is -0.409 e. The maximum Gasteiger partial charge on any atom is 0.233 e. The van der Waals surface area contributed by atoms with Gasteiger partial charge in [0.2, 0.25) is 5.91 Å². The van der Waals surface area contributed by atoms with E-state index >= 15 is 0 Å². The Balaban J connectivity index is 2.33. The maximum absolute atomic E-state index is 12.3. The standard InChI is InChI=1S/C15H30N4O2/c1-11(2)19(4)8-6-5-7-17-14(20)15(13(16)18-21)9-12(3)10-15/h11-12,21H,5-10H2,1-4H3,(H2,16,18)(H,17,20). The van der Waals surface area contributed by atoms with Crippen LogP contribution in [-0.4, -0.2) is 48.0 Å². The van der Waals surface area contributed by atoms with Gasteiger partial charge in [0.25, 0.3) is 0 Å². The minimum atomic E-state index is -0.789. The molecule has 0 unspecified atom stereocenters. The van der Waals surface area contributed by atoms with E-state index < -0.39 is 5.41 Å². The number of amidine groups is 1. The maximum atomic E-state index is 12.3. The number of hydrogen-bond acceptors (Lipinski definition) is 4. The van der Waals surface area contributed by atoms with Crippen molar-refractivity contribution in [3.05, 3.63) is 0 Å². The van der Waals surface area contributed by atoms with Crippen LogP contribution in [0.25, 0.3) is 0 Å². The van der Waals surface area contributed by atoms with E-state index in [1.54, 1.807) is 0 Å². The van der Waals surface area contributed by atoms with Gasteiger partial charge in [-0.15, -0.1) is 0 Å². The van der Waals surface area contributed by atoms with E-state index in [-0.39, 0.29) is 11.7 Å². The third-order valence-electron chi connectivity index (χ3n) is 4.53. The van der Waals surface area contributed by atoms with Crippen molar-refractivity contribution in [1.82, 2.24) is 10.2 Å². The smallest absolute Gasteiger partial charge is 0.233 e. The first-order valence-corrected chi connectivity index (χ1v) is 7.80. The van der Waals surface area contributed by atoms with Crippen LogP contribution in [0.2, 0.25) is 0 Å². The summed E-state index contributed by atoms with van der Waals surface area (Å²) in [7, 11) is 2.10. The van der Waals surface area contributed by atoms with E-state index in [1.165, 1.54) is 0 Å². The highest BCUT2D eigenvalue weighted by atomic mass is 16.4. The zero-order valence-corrected chi connectivity index (χ0v) is 13.7. The lowest BCUT2D eigenvalue weighted by molar-refractivity contribution is -0.133. The molecule has 1 amide bonds. The van der Waals surface area contributed by atoms with Crippen LogP contribution in [0.15, 0.2) is 5.16 Å². The van der Waals surface area contributed by atoms with Crippen molar-refractivity contribution in [3.8, 4) is 0 Å². The van der Waals surface area contributed by atoms with Gasteiger partial charge in [0.05, 0.1) is 0 Å². The van der Waals surface area contributed by atoms with Gasteiger partial charge in [0.1, 0.15) is 5.41 Å². The molecule has 1 aliphatic carbocycles. The Kier molecular flexibility index (Phi) is 6.45. The zero-order valence-electron chi connectivity index (χ0n) is 13.7. The number of carbonyl (C=O) groups is 1. The Morgan fingerprint density at radius 3 is 2.57 bits per heavy atom. The quantitative estimate of drug-likeness (QED) is 0.208. The number of amides is 1. The van der Waals surface area contributed by atoms with Gasteiger partial charge in [-0.2, -0.15) is 0 Å². The molecule has 0 aromatic heterocycles. The second kappa shape index (κ2) is 7.64. The molecule has 0 bridgehead atoms. The molecule has 122 valence electrons. The summed E-state index contributed by atoms with van der Waals surface area (Å²) in [4.78, 5) is 14.6. The molecule has 0 aromatic rings. The second-order valence-electron chi connectivity index (χ2n) is 6.62. The molecule has 0 saturated heterocycles. The van der Waals surface area contributed by atoms with E-state index in [0.29, 0.717) is 31.3 Å². The molecule has 0 atom stereocenters. The summed E-state index contributed by atoms with van der Waals surface area (Å²) < 4.78 is 0. The average Bonchev–Trinajstić information content (AvgIpc) is 2.41. The van der Waals surface area contributed by atoms with Crippen LogP contribution in [0.3, 0.4) is 0 Å². The van der Waals surface area contributed by atoms with Crippen LogP contribution in [-0.2, 0) is 4.79 Å². The number of carbonyl (C=O) groups excluding carboxylic acids is 1. The fourth-order valence-corrected chi connectivity index (χ4v) is 2.85. The van der Waals surface area contributed by atoms with Crippen molar-refractivity contribution in [3.63, 3.8) is 0 Å². The third-order valence-corrected chi connectivity index (χ3v) is 4.53. The van der Waals surface area contributed by atoms with Crippen molar-refractivity contribution in [2.75, 3.05) is 20.1 Å². The number of nitrogens with zero attached hydrogens (tertiary/aromatic N) is 2. The van der Waals surface area contributed by atoms with Gasteiger partial charge in [0, 0.05) is 12.6 Å². The van der Waals surface area contributed by atoms with Crippen LogP contribution < -0.4 is 11.1 Å². The molecule has 0 heterocycles. The highest BCUT2D eigenvalue weighted by molar-refractivity contribution is 6.07. The summed E-state index contributed by atoms with van der Waals surface area (Å²) in [5, 5.41) is 14.9. The van der Waals surface area contributed by atoms with Crippen LogP contribution in [0.5, 0.6) is 0 Å². The van der Waals surface area contributed by atoms with E-state index in [9.17, 15) is 4.79 Å². The monoisotopic (exact) mass is 298 g/mol. The van der Waals surface area contributed by atoms with Gasteiger partial charge in [-0.3, -0.25) is 4.79 Å². The molecule has 1 fully saturated rings. The lowest BCUT2D eigenvalue weighted by atomic mass is 9.61. The minimum absolute atomic E-state index is 0.0395. The number of nitrogens with two attached hydrogens (primary N) is 1. The third kappa shape index (κ3) is 4.33. The first kappa shape index (κ1) is 17.8. The van der Waals surface area contributed by atoms with Crippen molar-refractivity contribution < 1.29 is 10.0 Å². The highest BCUT2D eigenvalue weighted by Crippen LogP contribution is 2.45. The predicted octanol–water partition coefficient (Wildman–Crippen LogP) is 1.39. The van der Waals surface area contributed by atoms with Gasteiger partial charge < -0.3 is 21.2 Å². The van der Waals surface area contributed by atoms with Gasteiger partial charge in [-0.25, -0.2) is 0 Å². The fourth-order valence-electron chi connectivity index (χ4n) is 2.85. The summed E-state index contributed by atoms with van der Waals surface area (Å²) in [5.74, 6) is 0.376. The largest absolute Gasteiger partial charge is 0.409 e. The second-order valence-corrected chi connectivity index (χ2v) is 6.62. The van der Waals surface area contributed by atoms with Gasteiger partial charge >= 0.3 is 0 Å². The Bertz CT molecular complexity index is 376. The number of rotatable bonds is 8. The molecule has 1 rings (SSSR count). The first-order chi connectivity index (χ1) is 9.83. The topological polar surface area (TPSA) is 91.0 Å². The normalized spacial score (nSPS) is 26.0. The van der Waals surface area contributed by atoms with Crippen molar-refractivity contribution >= 4 is 11.7 Å². The summed E-state index contributed by atoms with van der Waals surface area (Å²) in [6.07, 6.45) is 3.29. The van der Waals surface area contributed by atoms with Crippen LogP contribution in [0.4, 0.5) is 0 Å². The Morgan fingerprint density at radius 1 is 1.48 bits per heavy atom. The van der Waals surface area contributed by atoms with E-state index in [4.69, 9.17) is 10.9 Å². The number of hydrogen-bond donors (Lipinski definition) is 3. The Hall–Kier alpha value is -1.30. The van der Waals surface area contributed by atoms with Crippen molar-refractivity contribution in [1.29, 1.82) is 0 Å². The molecule has 0 aliphatic heterocycles. The van der Waals surface area contributed by atoms with Crippen LogP contribution in [0, 0.1) is 11.3 Å². The van der Waals surface area contributed by atoms with Crippen molar-refractivity contribution in [2.45, 2.75) is 52.5 Å². The molecular weight excluding hydrogens is 268 g/mol. The molecular formula is C15H30N4O2. The fraction of sp³-hybridized carbons (Fsp3) is 0.867. The summed E-state index contributed by atoms with van der Waals surface area (Å²) in [6.45, 7) is 8.06. The molecule has 0 aromatic carbocycles. The predicted molar refractivity (Wildman–Crippen MR) is 84.2 cm³/mol. The van der Waals surface area contributed by atoms with Gasteiger partial charge in [-0.05, 0) is 59.0 Å². The molecule has 21 heavy (non-hydrogen) atoms. The number of oxime groups is 1. The molecule has 1 aliphatic rings. The SMILES string of the molecule is CC1CC(C(=O)NCCCCN(C)C(C)C)(C(N)=NO)C1. The molecule has 0 radical (unpaired) electrons. The van der Waals surface area contributed by atoms with Crippen LogP contribution >= 0.6 is 0 Å². The van der Waals surface area contributed by atoms with Crippen LogP contribution in [0.1, 0.15) is 46.5 Å². The lowest BCUT2D eigenvalue weighted by Crippen LogP contribution is -2.56. The highest BCUT2D eigenvalue weighted by Gasteiger charge is 2.51. The summed E-state index contributed by atoms with van der Waals surface area (Å²) in [6, 6.07) is 0.542. The van der Waals surface area contributed by atoms with Gasteiger partial charge in [0.15, 0.2) is 5.84 Å². The molecule has 4 N–H and O–H groups in total. The lowest BCUT2D eigenvalue weighted by Gasteiger charge is -2.43. The van der Waals surface area contributed by atoms with Gasteiger partial charge in [-0.1, -0.05) is 12.1 Å². The molecule has 1 saturated carbocycles. The number of unbranched alkanes of at least 4 members (excludes halogenated alkanes) is 1.